The van der Waals surface area contributed by atoms with Crippen molar-refractivity contribution in [3.05, 3.63) is 72.2 Å². The van der Waals surface area contributed by atoms with E-state index in [9.17, 15) is 14.3 Å². The van der Waals surface area contributed by atoms with Gasteiger partial charge in [-0.05, 0) is 35.4 Å². The van der Waals surface area contributed by atoms with Crippen LogP contribution in [-0.4, -0.2) is 20.9 Å². The number of benzene rings is 2. The summed E-state index contributed by atoms with van der Waals surface area (Å²) in [6.07, 6.45) is 6.20. The Labute approximate surface area is 177 Å². The minimum Gasteiger partial charge on any atom is -0.507 e. The fourth-order valence-corrected chi connectivity index (χ4v) is 3.44. The largest absolute Gasteiger partial charge is 0.507 e. The molecule has 0 bridgehead atoms. The Morgan fingerprint density at radius 1 is 1.23 bits per heavy atom. The van der Waals surface area contributed by atoms with E-state index in [0.717, 1.165) is 0 Å². The second-order valence-electron chi connectivity index (χ2n) is 6.76. The summed E-state index contributed by atoms with van der Waals surface area (Å²) in [5.41, 5.74) is 2.70. The van der Waals surface area contributed by atoms with E-state index in [4.69, 9.17) is 16.6 Å². The molecule has 2 aromatic carbocycles. The highest BCUT2D eigenvalue weighted by molar-refractivity contribution is 7.81. The monoisotopic (exact) mass is 420 g/mol. The van der Waals surface area contributed by atoms with Crippen molar-refractivity contribution in [3.63, 3.8) is 0 Å². The number of carbonyl (C=O) groups excluding carboxylic acids is 1. The van der Waals surface area contributed by atoms with Crippen molar-refractivity contribution in [1.82, 2.24) is 4.98 Å². The Bertz CT molecular complexity index is 1230. The fraction of sp³-hybridized carbons (Fsp3) is 0.0870. The zero-order valence-electron chi connectivity index (χ0n) is 16.0. The number of anilines is 1. The summed E-state index contributed by atoms with van der Waals surface area (Å²) in [5, 5.41) is 13.2. The molecule has 0 atom stereocenters. The van der Waals surface area contributed by atoms with Crippen LogP contribution in [0.25, 0.3) is 28.2 Å². The number of thiocarbonyl (C=S) groups is 1. The number of phenolic OH excluding ortho intramolecular Hbond substituents is 1. The number of rotatable bonds is 4. The van der Waals surface area contributed by atoms with Crippen LogP contribution < -0.4 is 5.32 Å². The molecule has 30 heavy (non-hydrogen) atoms. The first-order chi connectivity index (χ1) is 14.4. The number of hydrogen-bond donors (Lipinski definition) is 2. The van der Waals surface area contributed by atoms with E-state index in [-0.39, 0.29) is 29.2 Å². The SMILES string of the molecule is CC(=O)Nc1oc(-c2ccc(-c3cccc(F)c3)cc2O)nc1C1=CC=CCC1=S. The van der Waals surface area contributed by atoms with Crippen molar-refractivity contribution in [3.8, 4) is 28.3 Å². The maximum absolute atomic E-state index is 13.5. The van der Waals surface area contributed by atoms with Crippen molar-refractivity contribution >= 4 is 34.4 Å². The minimum absolute atomic E-state index is 0.0842. The molecule has 0 aliphatic heterocycles. The molecule has 0 spiro atoms. The highest BCUT2D eigenvalue weighted by Crippen LogP contribution is 2.37. The standard InChI is InChI=1S/C23H17FN2O3S/c1-13(27)25-23-21(18-7-2-3-8-20(18)30)26-22(29-23)17-10-9-15(12-19(17)28)14-5-4-6-16(24)11-14/h2-7,9-12,28H,8H2,1H3,(H,25,27). The van der Waals surface area contributed by atoms with Crippen LogP contribution in [0.2, 0.25) is 0 Å². The number of allylic oxidation sites excluding steroid dienone is 4. The van der Waals surface area contributed by atoms with Crippen molar-refractivity contribution in [2.45, 2.75) is 13.3 Å². The lowest BCUT2D eigenvalue weighted by Crippen LogP contribution is -2.09. The third kappa shape index (κ3) is 3.92. The van der Waals surface area contributed by atoms with E-state index in [2.05, 4.69) is 10.3 Å². The third-order valence-corrected chi connectivity index (χ3v) is 4.95. The van der Waals surface area contributed by atoms with Gasteiger partial charge in [0.15, 0.2) is 0 Å². The van der Waals surface area contributed by atoms with Gasteiger partial charge in [-0.3, -0.25) is 10.1 Å². The minimum atomic E-state index is -0.362. The molecule has 150 valence electrons. The molecule has 0 fully saturated rings. The average Bonchev–Trinajstić information content (AvgIpc) is 3.10. The van der Waals surface area contributed by atoms with E-state index in [1.54, 1.807) is 24.3 Å². The predicted octanol–water partition coefficient (Wildman–Crippen LogP) is 5.52. The Morgan fingerprint density at radius 2 is 2.03 bits per heavy atom. The maximum atomic E-state index is 13.5. The van der Waals surface area contributed by atoms with Crippen molar-refractivity contribution in [2.75, 3.05) is 5.32 Å². The number of nitrogens with zero attached hydrogens (tertiary/aromatic N) is 1. The van der Waals surface area contributed by atoms with E-state index in [1.165, 1.54) is 25.1 Å². The Morgan fingerprint density at radius 3 is 2.73 bits per heavy atom. The lowest BCUT2D eigenvalue weighted by molar-refractivity contribution is -0.114. The number of amides is 1. The lowest BCUT2D eigenvalue weighted by atomic mass is 10.0. The van der Waals surface area contributed by atoms with Crippen LogP contribution in [-0.2, 0) is 4.79 Å². The summed E-state index contributed by atoms with van der Waals surface area (Å²) < 4.78 is 19.3. The number of nitrogens with one attached hydrogen (secondary N) is 1. The molecule has 3 aromatic rings. The Kier molecular flexibility index (Phi) is 5.29. The summed E-state index contributed by atoms with van der Waals surface area (Å²) in [7, 11) is 0. The maximum Gasteiger partial charge on any atom is 0.233 e. The van der Waals surface area contributed by atoms with Crippen molar-refractivity contribution in [1.29, 1.82) is 0 Å². The van der Waals surface area contributed by atoms with E-state index < -0.39 is 0 Å². The van der Waals surface area contributed by atoms with Gasteiger partial charge in [-0.2, -0.15) is 0 Å². The van der Waals surface area contributed by atoms with Crippen LogP contribution in [0.5, 0.6) is 5.75 Å². The van der Waals surface area contributed by atoms with Gasteiger partial charge in [-0.25, -0.2) is 9.37 Å². The van der Waals surface area contributed by atoms with E-state index in [0.29, 0.717) is 39.2 Å². The van der Waals surface area contributed by atoms with Crippen LogP contribution >= 0.6 is 12.2 Å². The molecule has 1 aliphatic carbocycles. The molecule has 4 rings (SSSR count). The van der Waals surface area contributed by atoms with Gasteiger partial charge in [-0.1, -0.05) is 48.6 Å². The van der Waals surface area contributed by atoms with Gasteiger partial charge >= 0.3 is 0 Å². The normalized spacial score (nSPS) is 13.3. The highest BCUT2D eigenvalue weighted by Gasteiger charge is 2.23. The summed E-state index contributed by atoms with van der Waals surface area (Å²) in [6, 6.07) is 11.0. The number of oxazole rings is 1. The van der Waals surface area contributed by atoms with Crippen molar-refractivity contribution in [2.24, 2.45) is 0 Å². The summed E-state index contributed by atoms with van der Waals surface area (Å²) in [6.45, 7) is 1.37. The average molecular weight is 420 g/mol. The molecule has 2 N–H and O–H groups in total. The van der Waals surface area contributed by atoms with Gasteiger partial charge in [0.05, 0.1) is 5.56 Å². The van der Waals surface area contributed by atoms with Crippen LogP contribution in [0.15, 0.2) is 65.1 Å². The number of phenols is 1. The van der Waals surface area contributed by atoms with Gasteiger partial charge in [0.2, 0.25) is 17.7 Å². The molecule has 1 heterocycles. The number of aromatic hydroxyl groups is 1. The molecule has 5 nitrogen and oxygen atoms in total. The molecule has 0 saturated heterocycles. The van der Waals surface area contributed by atoms with Crippen LogP contribution in [0.4, 0.5) is 10.3 Å². The van der Waals surface area contributed by atoms with Crippen LogP contribution in [0.1, 0.15) is 19.0 Å². The quantitative estimate of drug-likeness (QED) is 0.543. The summed E-state index contributed by atoms with van der Waals surface area (Å²) in [5.74, 6) is -0.467. The van der Waals surface area contributed by atoms with E-state index in [1.807, 2.05) is 18.2 Å². The number of halogens is 1. The second kappa shape index (κ2) is 8.04. The zero-order valence-corrected chi connectivity index (χ0v) is 16.8. The van der Waals surface area contributed by atoms with Gasteiger partial charge < -0.3 is 9.52 Å². The number of aromatic nitrogens is 1. The molecule has 7 heteroatoms. The zero-order chi connectivity index (χ0) is 21.3. The first kappa shape index (κ1) is 19.7. The van der Waals surface area contributed by atoms with E-state index >= 15 is 0 Å². The number of hydrogen-bond acceptors (Lipinski definition) is 5. The topological polar surface area (TPSA) is 75.4 Å². The van der Waals surface area contributed by atoms with Crippen LogP contribution in [0.3, 0.4) is 0 Å². The molecule has 1 amide bonds. The third-order valence-electron chi connectivity index (χ3n) is 4.56. The van der Waals surface area contributed by atoms with Gasteiger partial charge in [0, 0.05) is 23.8 Å². The predicted molar refractivity (Wildman–Crippen MR) is 118 cm³/mol. The van der Waals surface area contributed by atoms with Gasteiger partial charge in [0.1, 0.15) is 17.3 Å². The number of carbonyl (C=O) groups is 1. The van der Waals surface area contributed by atoms with Gasteiger partial charge in [-0.15, -0.1) is 0 Å². The fourth-order valence-electron chi connectivity index (χ4n) is 3.18. The van der Waals surface area contributed by atoms with Crippen LogP contribution in [0, 0.1) is 5.82 Å². The highest BCUT2D eigenvalue weighted by atomic mass is 32.1. The Hall–Kier alpha value is -3.58. The molecule has 1 aliphatic rings. The Balaban J connectivity index is 1.77. The molecular formula is C23H17FN2O3S. The summed E-state index contributed by atoms with van der Waals surface area (Å²) >= 11 is 5.42. The lowest BCUT2D eigenvalue weighted by Gasteiger charge is -2.09. The molecular weight excluding hydrogens is 403 g/mol. The first-order valence-electron chi connectivity index (χ1n) is 9.20. The molecule has 0 unspecified atom stereocenters. The molecule has 0 radical (unpaired) electrons. The second-order valence-corrected chi connectivity index (χ2v) is 7.25. The first-order valence-corrected chi connectivity index (χ1v) is 9.61. The van der Waals surface area contributed by atoms with Gasteiger partial charge in [0.25, 0.3) is 0 Å². The molecule has 0 saturated carbocycles. The smallest absolute Gasteiger partial charge is 0.233 e. The van der Waals surface area contributed by atoms with Crippen molar-refractivity contribution < 1.29 is 18.7 Å². The molecule has 1 aromatic heterocycles. The summed E-state index contributed by atoms with van der Waals surface area (Å²) in [4.78, 5) is 16.8.